The molecule has 0 heterocycles. The van der Waals surface area contributed by atoms with Gasteiger partial charge in [-0.05, 0) is 41.9 Å². The van der Waals surface area contributed by atoms with E-state index in [2.05, 4.69) is 27.7 Å². The first-order chi connectivity index (χ1) is 7.43. The van der Waals surface area contributed by atoms with Gasteiger partial charge in [-0.1, -0.05) is 46.2 Å². The van der Waals surface area contributed by atoms with E-state index in [4.69, 9.17) is 0 Å². The summed E-state index contributed by atoms with van der Waals surface area (Å²) in [5.41, 5.74) is 1.71. The zero-order valence-electron chi connectivity index (χ0n) is 11.0. The Morgan fingerprint density at radius 3 is 2.12 bits per heavy atom. The summed E-state index contributed by atoms with van der Waals surface area (Å²) in [5, 5.41) is 9.21. The molecule has 0 saturated carbocycles. The van der Waals surface area contributed by atoms with Crippen molar-refractivity contribution in [3.8, 4) is 5.75 Å². The van der Waals surface area contributed by atoms with Gasteiger partial charge >= 0.3 is 0 Å². The molecule has 0 aromatic heterocycles. The van der Waals surface area contributed by atoms with Gasteiger partial charge in [0.2, 0.25) is 0 Å². The highest BCUT2D eigenvalue weighted by atomic mass is 16.3. The molecule has 0 amide bonds. The fourth-order valence-electron chi connectivity index (χ4n) is 2.25. The molecule has 1 unspecified atom stereocenters. The minimum absolute atomic E-state index is 0.353. The molecule has 0 aliphatic rings. The van der Waals surface area contributed by atoms with Crippen molar-refractivity contribution < 1.29 is 5.11 Å². The molecule has 1 atom stereocenters. The summed E-state index contributed by atoms with van der Waals surface area (Å²) in [5.74, 6) is 1.12. The van der Waals surface area contributed by atoms with Crippen LogP contribution in [0.1, 0.15) is 46.1 Å². The van der Waals surface area contributed by atoms with Gasteiger partial charge in [-0.2, -0.15) is 0 Å². The summed E-state index contributed by atoms with van der Waals surface area (Å²) >= 11 is 0. The Labute approximate surface area is 99.5 Å². The minimum atomic E-state index is 0.353. The van der Waals surface area contributed by atoms with E-state index in [-0.39, 0.29) is 0 Å². The predicted octanol–water partition coefficient (Wildman–Crippen LogP) is 4.40. The number of benzene rings is 1. The van der Waals surface area contributed by atoms with Crippen LogP contribution in [0.2, 0.25) is 0 Å². The maximum Gasteiger partial charge on any atom is 0.115 e. The van der Waals surface area contributed by atoms with Gasteiger partial charge in [0.05, 0.1) is 0 Å². The van der Waals surface area contributed by atoms with Gasteiger partial charge in [-0.3, -0.25) is 0 Å². The van der Waals surface area contributed by atoms with E-state index < -0.39 is 0 Å². The van der Waals surface area contributed by atoms with Crippen LogP contribution in [-0.4, -0.2) is 5.11 Å². The molecular weight excluding hydrogens is 196 g/mol. The quantitative estimate of drug-likeness (QED) is 0.797. The van der Waals surface area contributed by atoms with Crippen LogP contribution in [0, 0.1) is 11.3 Å². The van der Waals surface area contributed by atoms with Gasteiger partial charge in [0.25, 0.3) is 0 Å². The number of phenolic OH excluding ortho intramolecular Hbond substituents is 1. The molecule has 1 nitrogen and oxygen atoms in total. The van der Waals surface area contributed by atoms with Crippen LogP contribution in [0.3, 0.4) is 0 Å². The monoisotopic (exact) mass is 220 g/mol. The maximum atomic E-state index is 9.21. The second kappa shape index (κ2) is 5.38. The molecule has 0 aliphatic carbocycles. The lowest BCUT2D eigenvalue weighted by Gasteiger charge is -2.29. The van der Waals surface area contributed by atoms with Crippen molar-refractivity contribution in [3.05, 3.63) is 29.8 Å². The van der Waals surface area contributed by atoms with Gasteiger partial charge < -0.3 is 5.11 Å². The average Bonchev–Trinajstić information content (AvgIpc) is 2.19. The Balaban J connectivity index is 2.53. The zero-order chi connectivity index (χ0) is 12.2. The second-order valence-corrected chi connectivity index (χ2v) is 5.68. The van der Waals surface area contributed by atoms with E-state index in [0.717, 1.165) is 12.3 Å². The summed E-state index contributed by atoms with van der Waals surface area (Å²) in [6, 6.07) is 7.58. The zero-order valence-corrected chi connectivity index (χ0v) is 11.0. The van der Waals surface area contributed by atoms with E-state index >= 15 is 0 Å². The number of rotatable bonds is 4. The smallest absolute Gasteiger partial charge is 0.115 e. The third-order valence-corrected chi connectivity index (χ3v) is 3.44. The van der Waals surface area contributed by atoms with Crippen molar-refractivity contribution in [1.29, 1.82) is 0 Å². The molecule has 0 spiro atoms. The van der Waals surface area contributed by atoms with E-state index in [9.17, 15) is 5.11 Å². The van der Waals surface area contributed by atoms with Crippen LogP contribution in [0.15, 0.2) is 24.3 Å². The molecule has 0 bridgehead atoms. The van der Waals surface area contributed by atoms with Crippen molar-refractivity contribution in [2.24, 2.45) is 11.3 Å². The lowest BCUT2D eigenvalue weighted by Crippen LogP contribution is -2.20. The largest absolute Gasteiger partial charge is 0.508 e. The van der Waals surface area contributed by atoms with Gasteiger partial charge in [0.15, 0.2) is 0 Å². The van der Waals surface area contributed by atoms with Crippen molar-refractivity contribution in [3.63, 3.8) is 0 Å². The number of hydrogen-bond donors (Lipinski definition) is 1. The Bertz CT molecular complexity index is 305. The first kappa shape index (κ1) is 13.1. The molecule has 90 valence electrons. The Morgan fingerprint density at radius 1 is 1.12 bits per heavy atom. The summed E-state index contributed by atoms with van der Waals surface area (Å²) in [6.45, 7) is 9.22. The highest BCUT2D eigenvalue weighted by molar-refractivity contribution is 5.25. The highest BCUT2D eigenvalue weighted by Gasteiger charge is 2.22. The maximum absolute atomic E-state index is 9.21. The van der Waals surface area contributed by atoms with Crippen molar-refractivity contribution >= 4 is 0 Å². The van der Waals surface area contributed by atoms with Gasteiger partial charge in [0, 0.05) is 0 Å². The third kappa shape index (κ3) is 3.88. The number of aryl methyl sites for hydroxylation is 1. The molecule has 1 aromatic rings. The predicted molar refractivity (Wildman–Crippen MR) is 69.7 cm³/mol. The minimum Gasteiger partial charge on any atom is -0.508 e. The summed E-state index contributed by atoms with van der Waals surface area (Å²) < 4.78 is 0. The van der Waals surface area contributed by atoms with Crippen LogP contribution < -0.4 is 0 Å². The van der Waals surface area contributed by atoms with E-state index in [0.29, 0.717) is 11.2 Å². The molecule has 1 rings (SSSR count). The normalized spacial score (nSPS) is 13.8. The van der Waals surface area contributed by atoms with E-state index in [1.54, 1.807) is 12.1 Å². The van der Waals surface area contributed by atoms with Crippen molar-refractivity contribution in [2.75, 3.05) is 0 Å². The molecule has 0 fully saturated rings. The number of aromatic hydroxyl groups is 1. The fourth-order valence-corrected chi connectivity index (χ4v) is 2.25. The molecule has 0 radical (unpaired) electrons. The molecule has 0 saturated heterocycles. The number of phenols is 1. The molecule has 1 N–H and O–H groups in total. The first-order valence-corrected chi connectivity index (χ1v) is 6.21. The van der Waals surface area contributed by atoms with Crippen LogP contribution in [0.4, 0.5) is 0 Å². The molecule has 16 heavy (non-hydrogen) atoms. The first-order valence-electron chi connectivity index (χ1n) is 6.21. The van der Waals surface area contributed by atoms with Crippen LogP contribution in [0.5, 0.6) is 5.75 Å². The number of hydrogen-bond acceptors (Lipinski definition) is 1. The summed E-state index contributed by atoms with van der Waals surface area (Å²) in [7, 11) is 0. The Morgan fingerprint density at radius 2 is 1.69 bits per heavy atom. The second-order valence-electron chi connectivity index (χ2n) is 5.68. The molecule has 1 heteroatoms. The van der Waals surface area contributed by atoms with Crippen LogP contribution >= 0.6 is 0 Å². The van der Waals surface area contributed by atoms with E-state index in [1.807, 2.05) is 12.1 Å². The van der Waals surface area contributed by atoms with Gasteiger partial charge in [-0.25, -0.2) is 0 Å². The van der Waals surface area contributed by atoms with E-state index in [1.165, 1.54) is 18.4 Å². The van der Waals surface area contributed by atoms with Crippen molar-refractivity contribution in [2.45, 2.75) is 47.0 Å². The lowest BCUT2D eigenvalue weighted by molar-refractivity contribution is 0.219. The summed E-state index contributed by atoms with van der Waals surface area (Å²) in [6.07, 6.45) is 3.57. The van der Waals surface area contributed by atoms with Crippen molar-refractivity contribution in [1.82, 2.24) is 0 Å². The summed E-state index contributed by atoms with van der Waals surface area (Å²) in [4.78, 5) is 0. The molecule has 0 aliphatic heterocycles. The van der Waals surface area contributed by atoms with Gasteiger partial charge in [0.1, 0.15) is 5.75 Å². The SMILES string of the molecule is CCC(CCc1ccc(O)cc1)C(C)(C)C. The third-order valence-electron chi connectivity index (χ3n) is 3.44. The van der Waals surface area contributed by atoms with Crippen LogP contribution in [-0.2, 0) is 6.42 Å². The average molecular weight is 220 g/mol. The molecule has 1 aromatic carbocycles. The fraction of sp³-hybridized carbons (Fsp3) is 0.600. The Kier molecular flexibility index (Phi) is 4.40. The molecular formula is C15H24O. The lowest BCUT2D eigenvalue weighted by atomic mass is 9.76. The standard InChI is InChI=1S/C15H24O/c1-5-13(15(2,3)4)9-6-12-7-10-14(16)11-8-12/h7-8,10-11,13,16H,5-6,9H2,1-4H3. The Hall–Kier alpha value is -0.980. The highest BCUT2D eigenvalue weighted by Crippen LogP contribution is 2.32. The topological polar surface area (TPSA) is 20.2 Å². The van der Waals surface area contributed by atoms with Gasteiger partial charge in [-0.15, -0.1) is 0 Å². The van der Waals surface area contributed by atoms with Crippen LogP contribution in [0.25, 0.3) is 0 Å².